The molecule has 1 fully saturated rings. The SMILES string of the molecule is COC(=O)c1cnc(Cl)nc1NC1CCC(O)CC1. The van der Waals surface area contributed by atoms with Gasteiger partial charge >= 0.3 is 5.97 Å². The largest absolute Gasteiger partial charge is 0.465 e. The van der Waals surface area contributed by atoms with Crippen LogP contribution in [0.1, 0.15) is 36.0 Å². The lowest BCUT2D eigenvalue weighted by molar-refractivity contribution is 0.0600. The maximum Gasteiger partial charge on any atom is 0.343 e. The van der Waals surface area contributed by atoms with Crippen molar-refractivity contribution in [2.24, 2.45) is 0 Å². The lowest BCUT2D eigenvalue weighted by atomic mass is 9.93. The van der Waals surface area contributed by atoms with E-state index in [4.69, 9.17) is 11.6 Å². The summed E-state index contributed by atoms with van der Waals surface area (Å²) in [4.78, 5) is 19.4. The van der Waals surface area contributed by atoms with Crippen LogP contribution in [0.3, 0.4) is 0 Å². The van der Waals surface area contributed by atoms with Gasteiger partial charge in [-0.05, 0) is 37.3 Å². The zero-order chi connectivity index (χ0) is 13.8. The first-order chi connectivity index (χ1) is 9.10. The molecule has 0 amide bonds. The highest BCUT2D eigenvalue weighted by Crippen LogP contribution is 2.23. The number of carbonyl (C=O) groups excluding carboxylic acids is 1. The number of halogens is 1. The number of aromatic nitrogens is 2. The molecule has 0 saturated heterocycles. The highest BCUT2D eigenvalue weighted by atomic mass is 35.5. The van der Waals surface area contributed by atoms with E-state index >= 15 is 0 Å². The predicted octanol–water partition coefficient (Wildman–Crippen LogP) is 1.63. The Hall–Kier alpha value is -1.40. The lowest BCUT2D eigenvalue weighted by Gasteiger charge is -2.27. The molecular weight excluding hydrogens is 270 g/mol. The summed E-state index contributed by atoms with van der Waals surface area (Å²) in [6.07, 6.45) is 4.24. The lowest BCUT2D eigenvalue weighted by Crippen LogP contribution is -2.29. The van der Waals surface area contributed by atoms with Gasteiger partial charge in [0.1, 0.15) is 11.4 Å². The summed E-state index contributed by atoms with van der Waals surface area (Å²) in [7, 11) is 1.30. The molecule has 0 unspecified atom stereocenters. The van der Waals surface area contributed by atoms with E-state index in [9.17, 15) is 9.90 Å². The second-order valence-electron chi connectivity index (χ2n) is 4.54. The van der Waals surface area contributed by atoms with Gasteiger partial charge in [-0.25, -0.2) is 9.78 Å². The minimum absolute atomic E-state index is 0.0750. The fourth-order valence-corrected chi connectivity index (χ4v) is 2.28. The zero-order valence-electron chi connectivity index (χ0n) is 10.6. The summed E-state index contributed by atoms with van der Waals surface area (Å²) in [6.45, 7) is 0. The Balaban J connectivity index is 2.14. The second-order valence-corrected chi connectivity index (χ2v) is 4.88. The Morgan fingerprint density at radius 1 is 1.47 bits per heavy atom. The van der Waals surface area contributed by atoms with Crippen molar-refractivity contribution >= 4 is 23.4 Å². The van der Waals surface area contributed by atoms with Crippen molar-refractivity contribution in [3.8, 4) is 0 Å². The van der Waals surface area contributed by atoms with Crippen LogP contribution in [0.5, 0.6) is 0 Å². The van der Waals surface area contributed by atoms with Crippen molar-refractivity contribution in [3.05, 3.63) is 17.0 Å². The zero-order valence-corrected chi connectivity index (χ0v) is 11.4. The normalized spacial score (nSPS) is 22.9. The number of carbonyl (C=O) groups is 1. The molecule has 1 saturated carbocycles. The van der Waals surface area contributed by atoms with Crippen molar-refractivity contribution in [1.29, 1.82) is 0 Å². The molecule has 1 aromatic heterocycles. The standard InChI is InChI=1S/C12H16ClN3O3/c1-19-11(18)9-6-14-12(13)16-10(9)15-7-2-4-8(17)5-3-7/h6-8,17H,2-5H2,1H3,(H,14,15,16). The molecule has 0 atom stereocenters. The second kappa shape index (κ2) is 6.16. The number of hydrogen-bond acceptors (Lipinski definition) is 6. The summed E-state index contributed by atoms with van der Waals surface area (Å²) in [5, 5.41) is 12.7. The highest BCUT2D eigenvalue weighted by molar-refractivity contribution is 6.28. The molecule has 0 aromatic carbocycles. The average molecular weight is 286 g/mol. The van der Waals surface area contributed by atoms with Crippen LogP contribution in [0.25, 0.3) is 0 Å². The van der Waals surface area contributed by atoms with Gasteiger partial charge in [-0.1, -0.05) is 0 Å². The number of nitrogens with zero attached hydrogens (tertiary/aromatic N) is 2. The van der Waals surface area contributed by atoms with Gasteiger partial charge < -0.3 is 15.2 Å². The van der Waals surface area contributed by atoms with Crippen LogP contribution >= 0.6 is 11.6 Å². The third-order valence-corrected chi connectivity index (χ3v) is 3.38. The number of aliphatic hydroxyl groups is 1. The topological polar surface area (TPSA) is 84.3 Å². The maximum absolute atomic E-state index is 11.6. The van der Waals surface area contributed by atoms with E-state index in [0.717, 1.165) is 25.7 Å². The molecule has 1 heterocycles. The summed E-state index contributed by atoms with van der Waals surface area (Å²) in [5.74, 6) is -0.122. The molecule has 0 radical (unpaired) electrons. The molecule has 1 aliphatic rings. The third kappa shape index (κ3) is 3.54. The third-order valence-electron chi connectivity index (χ3n) is 3.20. The van der Waals surface area contributed by atoms with Crippen LogP contribution in [0.15, 0.2) is 6.20 Å². The van der Waals surface area contributed by atoms with Gasteiger partial charge in [0.2, 0.25) is 5.28 Å². The van der Waals surface area contributed by atoms with E-state index in [1.54, 1.807) is 0 Å². The molecule has 7 heteroatoms. The monoisotopic (exact) mass is 285 g/mol. The number of anilines is 1. The van der Waals surface area contributed by atoms with Crippen LogP contribution in [0.4, 0.5) is 5.82 Å². The molecule has 104 valence electrons. The van der Waals surface area contributed by atoms with E-state index in [1.807, 2.05) is 0 Å². The van der Waals surface area contributed by atoms with Gasteiger partial charge in [-0.3, -0.25) is 0 Å². The van der Waals surface area contributed by atoms with Crippen LogP contribution < -0.4 is 5.32 Å². The number of esters is 1. The van der Waals surface area contributed by atoms with E-state index in [1.165, 1.54) is 13.3 Å². The molecule has 2 N–H and O–H groups in total. The number of aliphatic hydroxyl groups excluding tert-OH is 1. The van der Waals surface area contributed by atoms with E-state index < -0.39 is 5.97 Å². The van der Waals surface area contributed by atoms with Gasteiger partial charge in [0.15, 0.2) is 0 Å². The van der Waals surface area contributed by atoms with Gasteiger partial charge in [0.25, 0.3) is 0 Å². The number of nitrogens with one attached hydrogen (secondary N) is 1. The Morgan fingerprint density at radius 2 is 2.16 bits per heavy atom. The summed E-state index contributed by atoms with van der Waals surface area (Å²) in [6, 6.07) is 0.165. The summed E-state index contributed by atoms with van der Waals surface area (Å²) in [5.41, 5.74) is 0.262. The van der Waals surface area contributed by atoms with Crippen molar-refractivity contribution < 1.29 is 14.6 Å². The Labute approximate surface area is 116 Å². The van der Waals surface area contributed by atoms with E-state index in [0.29, 0.717) is 5.82 Å². The summed E-state index contributed by atoms with van der Waals surface area (Å²) >= 11 is 5.75. The number of hydrogen-bond donors (Lipinski definition) is 2. The first kappa shape index (κ1) is 14.0. The Morgan fingerprint density at radius 3 is 2.79 bits per heavy atom. The quantitative estimate of drug-likeness (QED) is 0.649. The molecule has 0 spiro atoms. The molecule has 0 aliphatic heterocycles. The number of ether oxygens (including phenoxy) is 1. The van der Waals surface area contributed by atoms with Gasteiger partial charge in [0.05, 0.1) is 13.2 Å². The van der Waals surface area contributed by atoms with Gasteiger partial charge in [-0.15, -0.1) is 0 Å². The molecule has 0 bridgehead atoms. The van der Waals surface area contributed by atoms with Crippen LogP contribution in [-0.4, -0.2) is 40.3 Å². The molecule has 1 aromatic rings. The van der Waals surface area contributed by atoms with E-state index in [-0.39, 0.29) is 23.0 Å². The fraction of sp³-hybridized carbons (Fsp3) is 0.583. The Kier molecular flexibility index (Phi) is 4.55. The minimum Gasteiger partial charge on any atom is -0.465 e. The first-order valence-electron chi connectivity index (χ1n) is 6.15. The van der Waals surface area contributed by atoms with Crippen molar-refractivity contribution in [2.75, 3.05) is 12.4 Å². The number of methoxy groups -OCH3 is 1. The van der Waals surface area contributed by atoms with E-state index in [2.05, 4.69) is 20.0 Å². The van der Waals surface area contributed by atoms with Crippen LogP contribution in [0, 0.1) is 0 Å². The highest BCUT2D eigenvalue weighted by Gasteiger charge is 2.22. The van der Waals surface area contributed by atoms with Gasteiger partial charge in [-0.2, -0.15) is 4.98 Å². The number of rotatable bonds is 3. The van der Waals surface area contributed by atoms with Crippen LogP contribution in [0.2, 0.25) is 5.28 Å². The average Bonchev–Trinajstić information content (AvgIpc) is 2.41. The predicted molar refractivity (Wildman–Crippen MR) is 70.3 cm³/mol. The van der Waals surface area contributed by atoms with Crippen molar-refractivity contribution in [2.45, 2.75) is 37.8 Å². The molecule has 1 aliphatic carbocycles. The Bertz CT molecular complexity index is 462. The smallest absolute Gasteiger partial charge is 0.343 e. The molecular formula is C12H16ClN3O3. The fourth-order valence-electron chi connectivity index (χ4n) is 2.14. The maximum atomic E-state index is 11.6. The van der Waals surface area contributed by atoms with Crippen molar-refractivity contribution in [1.82, 2.24) is 9.97 Å². The molecule has 19 heavy (non-hydrogen) atoms. The van der Waals surface area contributed by atoms with Crippen LogP contribution in [-0.2, 0) is 4.74 Å². The first-order valence-corrected chi connectivity index (χ1v) is 6.53. The molecule has 2 rings (SSSR count). The summed E-state index contributed by atoms with van der Waals surface area (Å²) < 4.78 is 4.68. The molecule has 6 nitrogen and oxygen atoms in total. The van der Waals surface area contributed by atoms with Crippen molar-refractivity contribution in [3.63, 3.8) is 0 Å². The minimum atomic E-state index is -0.505. The van der Waals surface area contributed by atoms with Gasteiger partial charge in [0, 0.05) is 12.2 Å².